The molecular formula is C25H25NO4. The van der Waals surface area contributed by atoms with Crippen LogP contribution in [0, 0.1) is 12.3 Å². The second kappa shape index (κ2) is 10.3. The molecule has 0 saturated carbocycles. The molecule has 0 aliphatic carbocycles. The number of carbonyl (C=O) groups is 1. The van der Waals surface area contributed by atoms with E-state index in [4.69, 9.17) is 20.6 Å². The Morgan fingerprint density at radius 1 is 1.03 bits per heavy atom. The minimum atomic E-state index is -0.331. The zero-order valence-corrected chi connectivity index (χ0v) is 17.3. The van der Waals surface area contributed by atoms with Gasteiger partial charge in [0.15, 0.2) is 0 Å². The largest absolute Gasteiger partial charge is 0.491 e. The summed E-state index contributed by atoms with van der Waals surface area (Å²) < 4.78 is 18.1. The highest BCUT2D eigenvalue weighted by Crippen LogP contribution is 2.29. The highest BCUT2D eigenvalue weighted by molar-refractivity contribution is 5.89. The summed E-state index contributed by atoms with van der Waals surface area (Å²) in [7, 11) is 0. The lowest BCUT2D eigenvalue weighted by Gasteiger charge is -2.08. The summed E-state index contributed by atoms with van der Waals surface area (Å²) in [5, 5.41) is 0. The Kier molecular flexibility index (Phi) is 7.31. The van der Waals surface area contributed by atoms with Crippen LogP contribution in [0.5, 0.6) is 5.75 Å². The Labute approximate surface area is 177 Å². The summed E-state index contributed by atoms with van der Waals surface area (Å²) in [6, 6.07) is 15.0. The zero-order chi connectivity index (χ0) is 21.3. The van der Waals surface area contributed by atoms with E-state index >= 15 is 0 Å². The molecule has 5 nitrogen and oxygen atoms in total. The number of carbonyl (C=O) groups excluding carboxylic acids is 1. The molecule has 0 aliphatic heterocycles. The quantitative estimate of drug-likeness (QED) is 0.295. The first-order valence-corrected chi connectivity index (χ1v) is 9.93. The molecule has 0 atom stereocenters. The number of esters is 1. The molecule has 0 amide bonds. The molecule has 0 spiro atoms. The van der Waals surface area contributed by atoms with Gasteiger partial charge in [-0.25, -0.2) is 4.79 Å². The molecule has 1 aromatic heterocycles. The molecule has 0 N–H and O–H groups in total. The lowest BCUT2D eigenvalue weighted by atomic mass is 10.1. The van der Waals surface area contributed by atoms with Gasteiger partial charge in [0, 0.05) is 30.3 Å². The third-order valence-corrected chi connectivity index (χ3v) is 4.50. The molecule has 3 rings (SSSR count). The van der Waals surface area contributed by atoms with Gasteiger partial charge in [0.25, 0.3) is 0 Å². The number of benzene rings is 2. The van der Waals surface area contributed by atoms with Crippen LogP contribution in [0.4, 0.5) is 0 Å². The Bertz CT molecular complexity index is 1030. The SMILES string of the molecule is C#Cc1cn(-c2ccc(C(=O)OCC)cc2)cc1-c1cccc(OCCOCC)c1. The van der Waals surface area contributed by atoms with Crippen LogP contribution in [0.2, 0.25) is 0 Å². The van der Waals surface area contributed by atoms with E-state index in [1.807, 2.05) is 60.3 Å². The molecule has 0 aliphatic rings. The van der Waals surface area contributed by atoms with Crippen molar-refractivity contribution in [3.8, 4) is 34.9 Å². The van der Waals surface area contributed by atoms with Crippen molar-refractivity contribution in [1.82, 2.24) is 4.57 Å². The lowest BCUT2D eigenvalue weighted by molar-refractivity contribution is 0.0526. The molecule has 5 heteroatoms. The number of aromatic nitrogens is 1. The molecule has 1 heterocycles. The van der Waals surface area contributed by atoms with Gasteiger partial charge in [0.1, 0.15) is 12.4 Å². The van der Waals surface area contributed by atoms with Crippen molar-refractivity contribution in [1.29, 1.82) is 0 Å². The van der Waals surface area contributed by atoms with Gasteiger partial charge in [-0.15, -0.1) is 6.42 Å². The van der Waals surface area contributed by atoms with E-state index < -0.39 is 0 Å². The van der Waals surface area contributed by atoms with Gasteiger partial charge in [-0.3, -0.25) is 0 Å². The van der Waals surface area contributed by atoms with Crippen LogP contribution in [-0.4, -0.2) is 37.0 Å². The van der Waals surface area contributed by atoms with E-state index in [1.54, 1.807) is 19.1 Å². The molecule has 2 aromatic carbocycles. The predicted octanol–water partition coefficient (Wildman–Crippen LogP) is 4.72. The lowest BCUT2D eigenvalue weighted by Crippen LogP contribution is -2.06. The van der Waals surface area contributed by atoms with Gasteiger partial charge >= 0.3 is 5.97 Å². The third kappa shape index (κ3) is 5.11. The summed E-state index contributed by atoms with van der Waals surface area (Å²) >= 11 is 0. The van der Waals surface area contributed by atoms with Crippen LogP contribution >= 0.6 is 0 Å². The molecule has 154 valence electrons. The number of ether oxygens (including phenoxy) is 3. The summed E-state index contributed by atoms with van der Waals surface area (Å²) in [6.07, 6.45) is 9.64. The standard InChI is InChI=1S/C25H25NO4/c1-4-19-17-26(22-12-10-20(11-13-22)25(27)29-6-3)18-24(19)21-8-7-9-23(16-21)30-15-14-28-5-2/h1,7-13,16-18H,5-6,14-15H2,2-3H3. The normalized spacial score (nSPS) is 10.4. The summed E-state index contributed by atoms with van der Waals surface area (Å²) in [5.74, 6) is 3.19. The van der Waals surface area contributed by atoms with E-state index in [1.165, 1.54) is 0 Å². The maximum atomic E-state index is 11.9. The fourth-order valence-corrected chi connectivity index (χ4v) is 3.05. The molecule has 0 unspecified atom stereocenters. The van der Waals surface area contributed by atoms with Crippen molar-refractivity contribution in [2.75, 3.05) is 26.4 Å². The maximum absolute atomic E-state index is 11.9. The highest BCUT2D eigenvalue weighted by Gasteiger charge is 2.11. The number of hydrogen-bond acceptors (Lipinski definition) is 4. The molecule has 0 bridgehead atoms. The predicted molar refractivity (Wildman–Crippen MR) is 117 cm³/mol. The van der Waals surface area contributed by atoms with Gasteiger partial charge < -0.3 is 18.8 Å². The van der Waals surface area contributed by atoms with E-state index in [0.717, 1.165) is 28.1 Å². The Morgan fingerprint density at radius 2 is 1.83 bits per heavy atom. The molecular weight excluding hydrogens is 378 g/mol. The van der Waals surface area contributed by atoms with E-state index in [2.05, 4.69) is 5.92 Å². The van der Waals surface area contributed by atoms with Crippen molar-refractivity contribution < 1.29 is 19.0 Å². The first kappa shape index (κ1) is 21.2. The first-order chi connectivity index (χ1) is 14.7. The molecule has 30 heavy (non-hydrogen) atoms. The number of rotatable bonds is 9. The Balaban J connectivity index is 1.83. The van der Waals surface area contributed by atoms with Gasteiger partial charge in [-0.2, -0.15) is 0 Å². The topological polar surface area (TPSA) is 49.7 Å². The molecule has 0 saturated heterocycles. The third-order valence-electron chi connectivity index (χ3n) is 4.50. The Morgan fingerprint density at radius 3 is 2.53 bits per heavy atom. The fourth-order valence-electron chi connectivity index (χ4n) is 3.05. The molecule has 0 radical (unpaired) electrons. The zero-order valence-electron chi connectivity index (χ0n) is 17.3. The number of hydrogen-bond donors (Lipinski definition) is 0. The van der Waals surface area contributed by atoms with Crippen LogP contribution in [-0.2, 0) is 9.47 Å². The maximum Gasteiger partial charge on any atom is 0.338 e. The van der Waals surface area contributed by atoms with Gasteiger partial charge in [-0.1, -0.05) is 18.1 Å². The highest BCUT2D eigenvalue weighted by atomic mass is 16.5. The van der Waals surface area contributed by atoms with Crippen LogP contribution in [0.3, 0.4) is 0 Å². The van der Waals surface area contributed by atoms with E-state index in [9.17, 15) is 4.79 Å². The second-order valence-corrected chi connectivity index (χ2v) is 6.48. The average molecular weight is 403 g/mol. The van der Waals surface area contributed by atoms with Crippen LogP contribution in [0.25, 0.3) is 16.8 Å². The van der Waals surface area contributed by atoms with Crippen LogP contribution < -0.4 is 4.74 Å². The van der Waals surface area contributed by atoms with Gasteiger partial charge in [-0.05, 0) is 55.8 Å². The van der Waals surface area contributed by atoms with Crippen LogP contribution in [0.1, 0.15) is 29.8 Å². The minimum Gasteiger partial charge on any atom is -0.491 e. The van der Waals surface area contributed by atoms with Crippen molar-refractivity contribution in [3.05, 3.63) is 72.1 Å². The van der Waals surface area contributed by atoms with E-state index in [-0.39, 0.29) is 5.97 Å². The average Bonchev–Trinajstić information content (AvgIpc) is 3.22. The number of terminal acetylenes is 1. The van der Waals surface area contributed by atoms with Crippen molar-refractivity contribution in [3.63, 3.8) is 0 Å². The minimum absolute atomic E-state index is 0.331. The smallest absolute Gasteiger partial charge is 0.338 e. The summed E-state index contributed by atoms with van der Waals surface area (Å²) in [6.45, 7) is 5.80. The summed E-state index contributed by atoms with van der Waals surface area (Å²) in [4.78, 5) is 11.9. The van der Waals surface area contributed by atoms with Crippen LogP contribution in [0.15, 0.2) is 60.9 Å². The van der Waals surface area contributed by atoms with Crippen molar-refractivity contribution >= 4 is 5.97 Å². The summed E-state index contributed by atoms with van der Waals surface area (Å²) in [5.41, 5.74) is 4.09. The van der Waals surface area contributed by atoms with E-state index in [0.29, 0.717) is 32.0 Å². The number of nitrogens with zero attached hydrogens (tertiary/aromatic N) is 1. The molecule has 3 aromatic rings. The Hall–Kier alpha value is -3.49. The van der Waals surface area contributed by atoms with Gasteiger partial charge in [0.2, 0.25) is 0 Å². The van der Waals surface area contributed by atoms with Crippen molar-refractivity contribution in [2.45, 2.75) is 13.8 Å². The first-order valence-electron chi connectivity index (χ1n) is 9.93. The molecule has 0 fully saturated rings. The fraction of sp³-hybridized carbons (Fsp3) is 0.240. The second-order valence-electron chi connectivity index (χ2n) is 6.48. The van der Waals surface area contributed by atoms with Gasteiger partial charge in [0.05, 0.1) is 24.3 Å². The monoisotopic (exact) mass is 403 g/mol. The van der Waals surface area contributed by atoms with Crippen molar-refractivity contribution in [2.24, 2.45) is 0 Å².